The Balaban J connectivity index is 0. The summed E-state index contributed by atoms with van der Waals surface area (Å²) in [5.74, 6) is 0. The van der Waals surface area contributed by atoms with Crippen LogP contribution in [-0.2, 0) is 14.0 Å². The maximum atomic E-state index is 9.56. The predicted octanol–water partition coefficient (Wildman–Crippen LogP) is 10.4. The Labute approximate surface area is 267 Å². The highest BCUT2D eigenvalue weighted by Gasteiger charge is 2.07. The number of ether oxygens (including phenoxy) is 2. The molecule has 4 N–H and O–H groups in total. The summed E-state index contributed by atoms with van der Waals surface area (Å²) in [6.07, 6.45) is 38.4. The molecule has 0 aromatic heterocycles. The van der Waals surface area contributed by atoms with Gasteiger partial charge in [-0.05, 0) is 12.8 Å². The average molecular weight is 639 g/mol. The largest absolute Gasteiger partial charge is 0.466 e. The van der Waals surface area contributed by atoms with Crippen LogP contribution in [0.3, 0.4) is 0 Å². The molecule has 0 saturated heterocycles. The monoisotopic (exact) mass is 639 g/mol. The first kappa shape index (κ1) is 45.1. The van der Waals surface area contributed by atoms with E-state index in [2.05, 4.69) is 13.8 Å². The summed E-state index contributed by atoms with van der Waals surface area (Å²) in [7, 11) is -4.64. The van der Waals surface area contributed by atoms with Gasteiger partial charge in [0.05, 0.1) is 13.2 Å². The number of rotatable bonds is 34. The lowest BCUT2D eigenvalue weighted by atomic mass is 10.0. The second-order valence-electron chi connectivity index (χ2n) is 12.5. The third-order valence-electron chi connectivity index (χ3n) is 8.00. The third kappa shape index (κ3) is 49.1. The molecule has 0 spiro atoms. The van der Waals surface area contributed by atoms with Crippen LogP contribution >= 0.6 is 7.82 Å². The van der Waals surface area contributed by atoms with Gasteiger partial charge < -0.3 is 29.3 Å². The van der Waals surface area contributed by atoms with E-state index in [1.807, 2.05) is 0 Å². The van der Waals surface area contributed by atoms with E-state index < -0.39 is 7.82 Å². The Kier molecular flexibility index (Phi) is 40.0. The molecule has 0 amide bonds. The molecule has 262 valence electrons. The highest BCUT2D eigenvalue weighted by Crippen LogP contribution is 2.25. The quantitative estimate of drug-likeness (QED) is 0.0409. The van der Waals surface area contributed by atoms with Gasteiger partial charge in [0, 0.05) is 13.2 Å². The highest BCUT2D eigenvalue weighted by molar-refractivity contribution is 7.45. The van der Waals surface area contributed by atoms with E-state index in [1.165, 1.54) is 167 Å². The second kappa shape index (κ2) is 38.2. The third-order valence-corrected chi connectivity index (χ3v) is 8.00. The molecule has 1 atom stereocenters. The zero-order chi connectivity index (χ0) is 32.1. The molecular formula is C35H75O7P. The van der Waals surface area contributed by atoms with Crippen molar-refractivity contribution in [3.8, 4) is 0 Å². The summed E-state index contributed by atoms with van der Waals surface area (Å²) in [6, 6.07) is 0. The van der Waals surface area contributed by atoms with E-state index in [0.29, 0.717) is 6.61 Å². The molecular weight excluding hydrogens is 563 g/mol. The maximum absolute atomic E-state index is 9.56. The van der Waals surface area contributed by atoms with Gasteiger partial charge in [0.2, 0.25) is 0 Å². The van der Waals surface area contributed by atoms with E-state index in [1.54, 1.807) is 0 Å². The Morgan fingerprint density at radius 1 is 0.465 bits per heavy atom. The van der Waals surface area contributed by atoms with Crippen molar-refractivity contribution in [3.63, 3.8) is 0 Å². The van der Waals surface area contributed by atoms with Crippen molar-refractivity contribution in [3.05, 3.63) is 0 Å². The van der Waals surface area contributed by atoms with Crippen LogP contribution in [0.1, 0.15) is 194 Å². The highest BCUT2D eigenvalue weighted by atomic mass is 31.2. The summed E-state index contributed by atoms with van der Waals surface area (Å²) >= 11 is 0. The SMILES string of the molecule is CCCCCCCCCCCCCCCCOCC(CO)OCCCCCCCCCCCCCCCC.O=P(O)(O)O. The molecule has 0 aliphatic carbocycles. The van der Waals surface area contributed by atoms with Crippen molar-refractivity contribution in [1.82, 2.24) is 0 Å². The first-order valence-corrected chi connectivity index (χ1v) is 20.0. The van der Waals surface area contributed by atoms with Gasteiger partial charge in [0.25, 0.3) is 0 Å². The molecule has 0 saturated carbocycles. The summed E-state index contributed by atoms with van der Waals surface area (Å²) in [6.45, 7) is 6.74. The van der Waals surface area contributed by atoms with Crippen LogP contribution in [0.15, 0.2) is 0 Å². The normalized spacial score (nSPS) is 12.3. The maximum Gasteiger partial charge on any atom is 0.466 e. The number of hydrogen-bond donors (Lipinski definition) is 4. The minimum Gasteiger partial charge on any atom is -0.394 e. The van der Waals surface area contributed by atoms with E-state index in [-0.39, 0.29) is 12.7 Å². The molecule has 8 heteroatoms. The molecule has 0 aromatic carbocycles. The van der Waals surface area contributed by atoms with Crippen molar-refractivity contribution >= 4 is 7.82 Å². The van der Waals surface area contributed by atoms with Gasteiger partial charge >= 0.3 is 7.82 Å². The molecule has 0 fully saturated rings. The van der Waals surface area contributed by atoms with E-state index in [9.17, 15) is 5.11 Å². The van der Waals surface area contributed by atoms with Crippen LogP contribution in [0.25, 0.3) is 0 Å². The molecule has 0 rings (SSSR count). The van der Waals surface area contributed by atoms with E-state index in [0.717, 1.165) is 26.1 Å². The van der Waals surface area contributed by atoms with Crippen LogP contribution in [0.2, 0.25) is 0 Å². The fourth-order valence-electron chi connectivity index (χ4n) is 5.31. The smallest absolute Gasteiger partial charge is 0.394 e. The molecule has 7 nitrogen and oxygen atoms in total. The first-order valence-electron chi connectivity index (χ1n) is 18.4. The molecule has 0 aromatic rings. The fourth-order valence-corrected chi connectivity index (χ4v) is 5.31. The summed E-state index contributed by atoms with van der Waals surface area (Å²) < 4.78 is 20.5. The summed E-state index contributed by atoms with van der Waals surface area (Å²) in [5.41, 5.74) is 0. The Morgan fingerprint density at radius 2 is 0.721 bits per heavy atom. The van der Waals surface area contributed by atoms with Crippen LogP contribution in [0, 0.1) is 0 Å². The van der Waals surface area contributed by atoms with Crippen LogP contribution < -0.4 is 0 Å². The molecule has 0 aliphatic rings. The Morgan fingerprint density at radius 3 is 1.00 bits per heavy atom. The lowest BCUT2D eigenvalue weighted by molar-refractivity contribution is -0.0437. The predicted molar refractivity (Wildman–Crippen MR) is 183 cm³/mol. The first-order chi connectivity index (χ1) is 20.8. The second-order valence-corrected chi connectivity index (χ2v) is 13.5. The molecule has 0 radical (unpaired) electrons. The summed E-state index contributed by atoms with van der Waals surface area (Å²) in [5, 5.41) is 9.56. The number of aliphatic hydroxyl groups is 1. The average Bonchev–Trinajstić information content (AvgIpc) is 2.97. The van der Waals surface area contributed by atoms with Gasteiger partial charge in [-0.2, -0.15) is 0 Å². The number of aliphatic hydroxyl groups excluding tert-OH is 1. The Bertz CT molecular complexity index is 536. The minimum absolute atomic E-state index is 0.0668. The fraction of sp³-hybridized carbons (Fsp3) is 1.00. The van der Waals surface area contributed by atoms with Crippen molar-refractivity contribution < 1.29 is 33.8 Å². The lowest BCUT2D eigenvalue weighted by Gasteiger charge is -2.15. The van der Waals surface area contributed by atoms with Crippen LogP contribution in [-0.4, -0.2) is 52.3 Å². The van der Waals surface area contributed by atoms with Crippen molar-refractivity contribution in [2.24, 2.45) is 0 Å². The lowest BCUT2D eigenvalue weighted by Crippen LogP contribution is -2.24. The zero-order valence-corrected chi connectivity index (χ0v) is 29.6. The molecule has 0 aliphatic heterocycles. The van der Waals surface area contributed by atoms with E-state index in [4.69, 9.17) is 28.7 Å². The van der Waals surface area contributed by atoms with Gasteiger partial charge in [0.1, 0.15) is 6.10 Å². The zero-order valence-electron chi connectivity index (χ0n) is 28.7. The topological polar surface area (TPSA) is 116 Å². The van der Waals surface area contributed by atoms with Crippen molar-refractivity contribution in [2.75, 3.05) is 26.4 Å². The number of phosphoric acid groups is 1. The molecule has 1 unspecified atom stereocenters. The van der Waals surface area contributed by atoms with Gasteiger partial charge in [-0.25, -0.2) is 4.57 Å². The van der Waals surface area contributed by atoms with Gasteiger partial charge in [-0.3, -0.25) is 0 Å². The minimum atomic E-state index is -4.64. The molecule has 0 bridgehead atoms. The molecule has 43 heavy (non-hydrogen) atoms. The van der Waals surface area contributed by atoms with E-state index >= 15 is 0 Å². The van der Waals surface area contributed by atoms with Crippen LogP contribution in [0.4, 0.5) is 0 Å². The van der Waals surface area contributed by atoms with Gasteiger partial charge in [-0.15, -0.1) is 0 Å². The van der Waals surface area contributed by atoms with Gasteiger partial charge in [-0.1, -0.05) is 181 Å². The van der Waals surface area contributed by atoms with Crippen LogP contribution in [0.5, 0.6) is 0 Å². The Hall–Kier alpha value is -0.0100. The van der Waals surface area contributed by atoms with Gasteiger partial charge in [0.15, 0.2) is 0 Å². The van der Waals surface area contributed by atoms with Crippen molar-refractivity contribution in [2.45, 2.75) is 200 Å². The molecule has 0 heterocycles. The standard InChI is InChI=1S/C35H72O3.H3O4P/c1-3-5-7-9-11-13-15-17-19-21-23-25-27-29-31-37-34-35(33-36)38-32-30-28-26-24-22-20-18-16-14-12-10-8-6-4-2;1-5(2,3)4/h35-36H,3-34H2,1-2H3;(H3,1,2,3,4). The number of unbranched alkanes of at least 4 members (excludes halogenated alkanes) is 26. The summed E-state index contributed by atoms with van der Waals surface area (Å²) in [4.78, 5) is 21.6. The van der Waals surface area contributed by atoms with Crippen molar-refractivity contribution in [1.29, 1.82) is 0 Å². The number of hydrogen-bond acceptors (Lipinski definition) is 4.